The Morgan fingerprint density at radius 1 is 1.11 bits per heavy atom. The average molecular weight is 261 g/mol. The largest absolute Gasteiger partial charge is 0.491 e. The number of hydrogen-bond donors (Lipinski definition) is 0. The third-order valence-corrected chi connectivity index (χ3v) is 2.88. The van der Waals surface area contributed by atoms with E-state index in [0.717, 1.165) is 26.1 Å². The monoisotopic (exact) mass is 261 g/mol. The van der Waals surface area contributed by atoms with Gasteiger partial charge in [-0.3, -0.25) is 0 Å². The predicted octanol–water partition coefficient (Wildman–Crippen LogP) is 1.82. The first kappa shape index (κ1) is 15.5. The van der Waals surface area contributed by atoms with Crippen molar-refractivity contribution in [2.75, 3.05) is 47.4 Å². The van der Waals surface area contributed by atoms with Gasteiger partial charge in [0.25, 0.3) is 0 Å². The van der Waals surface area contributed by atoms with Crippen molar-refractivity contribution >= 4 is 0 Å². The Labute approximate surface area is 116 Å². The van der Waals surface area contributed by atoms with Gasteiger partial charge in [-0.05, 0) is 52.8 Å². The van der Waals surface area contributed by atoms with Crippen LogP contribution in [-0.4, -0.2) is 57.2 Å². The number of nitriles is 1. The Balaban J connectivity index is 2.24. The van der Waals surface area contributed by atoms with Crippen LogP contribution in [0.3, 0.4) is 0 Å². The summed E-state index contributed by atoms with van der Waals surface area (Å²) < 4.78 is 5.65. The molecule has 19 heavy (non-hydrogen) atoms. The summed E-state index contributed by atoms with van der Waals surface area (Å²) >= 11 is 0. The molecule has 1 aromatic carbocycles. The molecule has 0 aliphatic heterocycles. The van der Waals surface area contributed by atoms with E-state index < -0.39 is 0 Å². The molecule has 0 amide bonds. The summed E-state index contributed by atoms with van der Waals surface area (Å²) in [6, 6.07) is 9.48. The highest BCUT2D eigenvalue weighted by Crippen LogP contribution is 2.16. The molecule has 0 unspecified atom stereocenters. The minimum Gasteiger partial charge on any atom is -0.491 e. The van der Waals surface area contributed by atoms with E-state index in [-0.39, 0.29) is 0 Å². The fourth-order valence-electron chi connectivity index (χ4n) is 1.76. The Bertz CT molecular complexity index is 412. The molecule has 0 saturated heterocycles. The van der Waals surface area contributed by atoms with E-state index in [0.29, 0.717) is 17.9 Å². The molecule has 0 bridgehead atoms. The number of para-hydroxylation sites is 1. The SMILES string of the molecule is CN(C)CCCN(C)CCOc1ccccc1C#N. The van der Waals surface area contributed by atoms with E-state index in [1.165, 1.54) is 0 Å². The van der Waals surface area contributed by atoms with Crippen molar-refractivity contribution in [3.63, 3.8) is 0 Å². The van der Waals surface area contributed by atoms with Gasteiger partial charge in [0.05, 0.1) is 5.56 Å². The molecule has 0 spiro atoms. The van der Waals surface area contributed by atoms with E-state index in [2.05, 4.69) is 37.0 Å². The van der Waals surface area contributed by atoms with Gasteiger partial charge in [0.2, 0.25) is 0 Å². The summed E-state index contributed by atoms with van der Waals surface area (Å²) in [6.45, 7) is 3.63. The quantitative estimate of drug-likeness (QED) is 0.715. The second-order valence-electron chi connectivity index (χ2n) is 4.92. The number of ether oxygens (including phenoxy) is 1. The lowest BCUT2D eigenvalue weighted by molar-refractivity contribution is 0.229. The maximum Gasteiger partial charge on any atom is 0.137 e. The van der Waals surface area contributed by atoms with E-state index >= 15 is 0 Å². The second kappa shape index (κ2) is 8.52. The molecule has 0 heterocycles. The lowest BCUT2D eigenvalue weighted by Gasteiger charge is -2.18. The van der Waals surface area contributed by atoms with Crippen LogP contribution < -0.4 is 4.74 Å². The topological polar surface area (TPSA) is 39.5 Å². The summed E-state index contributed by atoms with van der Waals surface area (Å²) in [4.78, 5) is 4.44. The molecule has 104 valence electrons. The van der Waals surface area contributed by atoms with Crippen molar-refractivity contribution in [3.8, 4) is 11.8 Å². The molecule has 0 atom stereocenters. The summed E-state index contributed by atoms with van der Waals surface area (Å²) in [6.07, 6.45) is 1.15. The smallest absolute Gasteiger partial charge is 0.137 e. The molecule has 0 radical (unpaired) electrons. The molecule has 0 fully saturated rings. The highest BCUT2D eigenvalue weighted by Gasteiger charge is 2.03. The van der Waals surface area contributed by atoms with Crippen LogP contribution in [0.15, 0.2) is 24.3 Å². The minimum atomic E-state index is 0.595. The first-order valence-corrected chi connectivity index (χ1v) is 6.58. The molecule has 1 rings (SSSR count). The lowest BCUT2D eigenvalue weighted by atomic mass is 10.2. The second-order valence-corrected chi connectivity index (χ2v) is 4.92. The van der Waals surface area contributed by atoms with Crippen LogP contribution in [0, 0.1) is 11.3 Å². The van der Waals surface area contributed by atoms with Gasteiger partial charge in [-0.15, -0.1) is 0 Å². The van der Waals surface area contributed by atoms with Gasteiger partial charge in [0.1, 0.15) is 18.4 Å². The highest BCUT2D eigenvalue weighted by molar-refractivity contribution is 5.42. The zero-order valence-electron chi connectivity index (χ0n) is 12.1. The average Bonchev–Trinajstić information content (AvgIpc) is 2.39. The molecule has 0 aliphatic carbocycles. The Kier molecular flexibility index (Phi) is 6.94. The van der Waals surface area contributed by atoms with E-state index in [1.807, 2.05) is 18.2 Å². The normalized spacial score (nSPS) is 10.7. The predicted molar refractivity (Wildman–Crippen MR) is 77.3 cm³/mol. The first-order chi connectivity index (χ1) is 9.13. The van der Waals surface area contributed by atoms with Crippen LogP contribution in [0.25, 0.3) is 0 Å². The third kappa shape index (κ3) is 6.23. The van der Waals surface area contributed by atoms with Crippen molar-refractivity contribution in [3.05, 3.63) is 29.8 Å². The molecule has 0 N–H and O–H groups in total. The van der Waals surface area contributed by atoms with Crippen LogP contribution in [0.5, 0.6) is 5.75 Å². The van der Waals surface area contributed by atoms with Gasteiger partial charge in [-0.25, -0.2) is 0 Å². The minimum absolute atomic E-state index is 0.595. The number of benzene rings is 1. The zero-order chi connectivity index (χ0) is 14.1. The molecule has 0 aromatic heterocycles. The number of likely N-dealkylation sites (N-methyl/N-ethyl adjacent to an activating group) is 1. The maximum atomic E-state index is 8.95. The Hall–Kier alpha value is -1.57. The maximum absolute atomic E-state index is 8.95. The fraction of sp³-hybridized carbons (Fsp3) is 0.533. The van der Waals surface area contributed by atoms with Crippen molar-refractivity contribution in [1.82, 2.24) is 9.80 Å². The van der Waals surface area contributed by atoms with Crippen LogP contribution in [0.4, 0.5) is 0 Å². The van der Waals surface area contributed by atoms with Gasteiger partial charge in [0, 0.05) is 6.54 Å². The summed E-state index contributed by atoms with van der Waals surface area (Å²) in [5.74, 6) is 0.673. The number of nitrogens with zero attached hydrogens (tertiary/aromatic N) is 3. The van der Waals surface area contributed by atoms with Crippen molar-refractivity contribution in [2.24, 2.45) is 0 Å². The summed E-state index contributed by atoms with van der Waals surface area (Å²) in [5, 5.41) is 8.95. The van der Waals surface area contributed by atoms with Crippen LogP contribution in [0.1, 0.15) is 12.0 Å². The van der Waals surface area contributed by atoms with Crippen LogP contribution in [-0.2, 0) is 0 Å². The molecule has 1 aromatic rings. The molecular formula is C15H23N3O. The van der Waals surface area contributed by atoms with Crippen molar-refractivity contribution in [2.45, 2.75) is 6.42 Å². The molecule has 0 saturated carbocycles. The summed E-state index contributed by atoms with van der Waals surface area (Å²) in [5.41, 5.74) is 0.595. The van der Waals surface area contributed by atoms with Gasteiger partial charge in [0.15, 0.2) is 0 Å². The van der Waals surface area contributed by atoms with E-state index in [9.17, 15) is 0 Å². The standard InChI is InChI=1S/C15H23N3O/c1-17(2)9-6-10-18(3)11-12-19-15-8-5-4-7-14(15)13-16/h4-5,7-8H,6,9-12H2,1-3H3. The zero-order valence-corrected chi connectivity index (χ0v) is 12.1. The lowest BCUT2D eigenvalue weighted by Crippen LogP contribution is -2.27. The molecular weight excluding hydrogens is 238 g/mol. The molecule has 4 nitrogen and oxygen atoms in total. The third-order valence-electron chi connectivity index (χ3n) is 2.88. The van der Waals surface area contributed by atoms with Crippen molar-refractivity contribution < 1.29 is 4.74 Å². The fourth-order valence-corrected chi connectivity index (χ4v) is 1.76. The Morgan fingerprint density at radius 3 is 2.53 bits per heavy atom. The van der Waals surface area contributed by atoms with Gasteiger partial charge in [-0.1, -0.05) is 12.1 Å². The number of hydrogen-bond acceptors (Lipinski definition) is 4. The van der Waals surface area contributed by atoms with Crippen LogP contribution >= 0.6 is 0 Å². The number of rotatable bonds is 8. The van der Waals surface area contributed by atoms with Gasteiger partial charge in [-0.2, -0.15) is 5.26 Å². The van der Waals surface area contributed by atoms with Gasteiger partial charge < -0.3 is 14.5 Å². The van der Waals surface area contributed by atoms with Crippen LogP contribution in [0.2, 0.25) is 0 Å². The van der Waals surface area contributed by atoms with Crippen molar-refractivity contribution in [1.29, 1.82) is 5.26 Å². The molecule has 0 aliphatic rings. The highest BCUT2D eigenvalue weighted by atomic mass is 16.5. The van der Waals surface area contributed by atoms with Gasteiger partial charge >= 0.3 is 0 Å². The molecule has 4 heteroatoms. The first-order valence-electron chi connectivity index (χ1n) is 6.58. The summed E-state index contributed by atoms with van der Waals surface area (Å²) in [7, 11) is 6.26. The van der Waals surface area contributed by atoms with E-state index in [4.69, 9.17) is 10.00 Å². The Morgan fingerprint density at radius 2 is 1.84 bits per heavy atom. The van der Waals surface area contributed by atoms with E-state index in [1.54, 1.807) is 6.07 Å².